The molecular formula is C10H21NO2. The summed E-state index contributed by atoms with van der Waals surface area (Å²) in [6.45, 7) is 7.93. The molecule has 0 amide bonds. The lowest BCUT2D eigenvalue weighted by atomic mass is 10.0. The molecule has 13 heavy (non-hydrogen) atoms. The summed E-state index contributed by atoms with van der Waals surface area (Å²) >= 11 is 0. The molecule has 1 unspecified atom stereocenters. The zero-order chi connectivity index (χ0) is 10.4. The van der Waals surface area contributed by atoms with Crippen LogP contribution in [0.15, 0.2) is 0 Å². The first-order valence-corrected chi connectivity index (χ1v) is 4.93. The molecule has 0 aliphatic rings. The number of esters is 1. The zero-order valence-corrected chi connectivity index (χ0v) is 9.04. The Kier molecular flexibility index (Phi) is 5.71. The third-order valence-corrected chi connectivity index (χ3v) is 1.92. The van der Waals surface area contributed by atoms with E-state index in [-0.39, 0.29) is 12.1 Å². The van der Waals surface area contributed by atoms with E-state index in [1.165, 1.54) is 0 Å². The van der Waals surface area contributed by atoms with Crippen LogP contribution in [-0.2, 0) is 9.53 Å². The third-order valence-electron chi connectivity index (χ3n) is 1.92. The number of hydrogen-bond donors (Lipinski definition) is 1. The maximum absolute atomic E-state index is 11.3. The smallest absolute Gasteiger partial charge is 0.323 e. The average molecular weight is 187 g/mol. The lowest BCUT2D eigenvalue weighted by Crippen LogP contribution is -2.35. The van der Waals surface area contributed by atoms with Gasteiger partial charge in [0, 0.05) is 0 Å². The summed E-state index contributed by atoms with van der Waals surface area (Å²) in [5.74, 6) is 0.155. The Morgan fingerprint density at radius 3 is 2.31 bits per heavy atom. The summed E-state index contributed by atoms with van der Waals surface area (Å²) in [5.41, 5.74) is 5.65. The number of carbonyl (C=O) groups is 1. The van der Waals surface area contributed by atoms with E-state index >= 15 is 0 Å². The molecule has 0 aromatic rings. The number of rotatable bonds is 5. The second kappa shape index (κ2) is 5.97. The summed E-state index contributed by atoms with van der Waals surface area (Å²) in [6, 6.07) is -0.464. The first kappa shape index (κ1) is 12.4. The van der Waals surface area contributed by atoms with E-state index in [0.29, 0.717) is 12.3 Å². The standard InChI is InChI=1S/C10H21NO2/c1-5-8(4)13-10(12)9(11)6-7(2)3/h7-9H,5-6,11H2,1-4H3/t8?,9-/m1/s1. The number of ether oxygens (including phenoxy) is 1. The van der Waals surface area contributed by atoms with Crippen LogP contribution in [0.2, 0.25) is 0 Å². The molecule has 0 fully saturated rings. The minimum Gasteiger partial charge on any atom is -0.462 e. The molecule has 0 radical (unpaired) electrons. The second-order valence-electron chi connectivity index (χ2n) is 3.89. The summed E-state index contributed by atoms with van der Waals surface area (Å²) in [5, 5.41) is 0. The van der Waals surface area contributed by atoms with Gasteiger partial charge in [0.1, 0.15) is 6.04 Å². The Balaban J connectivity index is 3.82. The molecule has 0 saturated carbocycles. The van der Waals surface area contributed by atoms with Crippen molar-refractivity contribution < 1.29 is 9.53 Å². The molecule has 0 bridgehead atoms. The lowest BCUT2D eigenvalue weighted by molar-refractivity contribution is -0.150. The van der Waals surface area contributed by atoms with E-state index in [4.69, 9.17) is 10.5 Å². The highest BCUT2D eigenvalue weighted by atomic mass is 16.5. The van der Waals surface area contributed by atoms with Crippen molar-refractivity contribution in [2.24, 2.45) is 11.7 Å². The lowest BCUT2D eigenvalue weighted by Gasteiger charge is -2.16. The van der Waals surface area contributed by atoms with E-state index in [1.54, 1.807) is 0 Å². The topological polar surface area (TPSA) is 52.3 Å². The molecule has 3 heteroatoms. The van der Waals surface area contributed by atoms with Gasteiger partial charge in [-0.05, 0) is 25.7 Å². The Bertz CT molecular complexity index is 157. The first-order valence-electron chi connectivity index (χ1n) is 4.93. The van der Waals surface area contributed by atoms with Crippen LogP contribution in [0.1, 0.15) is 40.5 Å². The Labute approximate surface area is 80.6 Å². The van der Waals surface area contributed by atoms with Crippen molar-refractivity contribution in [2.75, 3.05) is 0 Å². The quantitative estimate of drug-likeness (QED) is 0.666. The first-order chi connectivity index (χ1) is 5.97. The fourth-order valence-corrected chi connectivity index (χ4v) is 0.973. The third kappa shape index (κ3) is 5.64. The maximum atomic E-state index is 11.3. The Morgan fingerprint density at radius 2 is 1.92 bits per heavy atom. The number of carbonyl (C=O) groups excluding carboxylic acids is 1. The van der Waals surface area contributed by atoms with Gasteiger partial charge in [0.05, 0.1) is 6.10 Å². The van der Waals surface area contributed by atoms with E-state index in [9.17, 15) is 4.79 Å². The molecule has 78 valence electrons. The summed E-state index contributed by atoms with van der Waals surface area (Å²) in [4.78, 5) is 11.3. The molecular weight excluding hydrogens is 166 g/mol. The van der Waals surface area contributed by atoms with Crippen molar-refractivity contribution in [1.29, 1.82) is 0 Å². The van der Waals surface area contributed by atoms with Crippen molar-refractivity contribution in [3.05, 3.63) is 0 Å². The van der Waals surface area contributed by atoms with Crippen LogP contribution in [-0.4, -0.2) is 18.1 Å². The van der Waals surface area contributed by atoms with E-state index in [0.717, 1.165) is 6.42 Å². The normalized spacial score (nSPS) is 15.5. The number of hydrogen-bond acceptors (Lipinski definition) is 3. The molecule has 2 N–H and O–H groups in total. The summed E-state index contributed by atoms with van der Waals surface area (Å²) < 4.78 is 5.10. The van der Waals surface area contributed by atoms with Crippen LogP contribution in [0, 0.1) is 5.92 Å². The number of nitrogens with two attached hydrogens (primary N) is 1. The van der Waals surface area contributed by atoms with Crippen LogP contribution in [0.25, 0.3) is 0 Å². The highest BCUT2D eigenvalue weighted by Gasteiger charge is 2.17. The van der Waals surface area contributed by atoms with Crippen LogP contribution in [0.3, 0.4) is 0 Å². The molecule has 0 saturated heterocycles. The summed E-state index contributed by atoms with van der Waals surface area (Å²) in [6.07, 6.45) is 1.50. The van der Waals surface area contributed by atoms with Crippen LogP contribution in [0.5, 0.6) is 0 Å². The van der Waals surface area contributed by atoms with E-state index in [2.05, 4.69) is 0 Å². The van der Waals surface area contributed by atoms with Crippen molar-refractivity contribution in [3.8, 4) is 0 Å². The van der Waals surface area contributed by atoms with Crippen LogP contribution in [0.4, 0.5) is 0 Å². The van der Waals surface area contributed by atoms with Crippen LogP contribution >= 0.6 is 0 Å². The SMILES string of the molecule is CCC(C)OC(=O)[C@H](N)CC(C)C. The minimum atomic E-state index is -0.464. The van der Waals surface area contributed by atoms with Crippen molar-refractivity contribution in [1.82, 2.24) is 0 Å². The van der Waals surface area contributed by atoms with Crippen LogP contribution < -0.4 is 5.73 Å². The van der Waals surface area contributed by atoms with Crippen molar-refractivity contribution >= 4 is 5.97 Å². The molecule has 0 aromatic heterocycles. The highest BCUT2D eigenvalue weighted by Crippen LogP contribution is 2.06. The zero-order valence-electron chi connectivity index (χ0n) is 9.04. The molecule has 0 heterocycles. The Morgan fingerprint density at radius 1 is 1.38 bits per heavy atom. The van der Waals surface area contributed by atoms with Gasteiger partial charge in [-0.15, -0.1) is 0 Å². The predicted molar refractivity (Wildman–Crippen MR) is 53.3 cm³/mol. The predicted octanol–water partition coefficient (Wildman–Crippen LogP) is 1.70. The highest BCUT2D eigenvalue weighted by molar-refractivity contribution is 5.75. The van der Waals surface area contributed by atoms with Gasteiger partial charge in [-0.2, -0.15) is 0 Å². The van der Waals surface area contributed by atoms with E-state index < -0.39 is 6.04 Å². The molecule has 0 aromatic carbocycles. The molecule has 3 nitrogen and oxygen atoms in total. The van der Waals surface area contributed by atoms with Crippen molar-refractivity contribution in [3.63, 3.8) is 0 Å². The van der Waals surface area contributed by atoms with Gasteiger partial charge < -0.3 is 10.5 Å². The Hall–Kier alpha value is -0.570. The fourth-order valence-electron chi connectivity index (χ4n) is 0.973. The van der Waals surface area contributed by atoms with Gasteiger partial charge in [0.2, 0.25) is 0 Å². The van der Waals surface area contributed by atoms with Gasteiger partial charge in [-0.3, -0.25) is 4.79 Å². The van der Waals surface area contributed by atoms with Gasteiger partial charge in [-0.1, -0.05) is 20.8 Å². The maximum Gasteiger partial charge on any atom is 0.323 e. The van der Waals surface area contributed by atoms with Gasteiger partial charge >= 0.3 is 5.97 Å². The van der Waals surface area contributed by atoms with Crippen molar-refractivity contribution in [2.45, 2.75) is 52.7 Å². The second-order valence-corrected chi connectivity index (χ2v) is 3.89. The molecule has 0 aliphatic carbocycles. The molecule has 0 aliphatic heterocycles. The van der Waals surface area contributed by atoms with Gasteiger partial charge in [0.25, 0.3) is 0 Å². The minimum absolute atomic E-state index is 0.0225. The monoisotopic (exact) mass is 187 g/mol. The molecule has 0 spiro atoms. The average Bonchev–Trinajstić information content (AvgIpc) is 2.02. The van der Waals surface area contributed by atoms with Gasteiger partial charge in [0.15, 0.2) is 0 Å². The largest absolute Gasteiger partial charge is 0.462 e. The summed E-state index contributed by atoms with van der Waals surface area (Å²) in [7, 11) is 0. The van der Waals surface area contributed by atoms with Gasteiger partial charge in [-0.25, -0.2) is 0 Å². The van der Waals surface area contributed by atoms with E-state index in [1.807, 2.05) is 27.7 Å². The molecule has 0 rings (SSSR count). The fraction of sp³-hybridized carbons (Fsp3) is 0.900. The molecule has 2 atom stereocenters.